The number of hydrogen-bond donors (Lipinski definition) is 1. The highest BCUT2D eigenvalue weighted by Crippen LogP contribution is 2.30. The van der Waals surface area contributed by atoms with Gasteiger partial charge in [0.1, 0.15) is 5.75 Å². The van der Waals surface area contributed by atoms with Crippen LogP contribution in [-0.4, -0.2) is 22.7 Å². The zero-order valence-corrected chi connectivity index (χ0v) is 9.54. The Morgan fingerprint density at radius 2 is 2.24 bits per heavy atom. The topological polar surface area (TPSA) is 59.4 Å². The van der Waals surface area contributed by atoms with Crippen molar-refractivity contribution in [2.45, 2.75) is 26.7 Å². The van der Waals surface area contributed by atoms with Gasteiger partial charge in [0.25, 0.3) is 6.43 Å². The predicted molar refractivity (Wildman–Crippen MR) is 55.9 cm³/mol. The first kappa shape index (κ1) is 13.3. The Labute approximate surface area is 97.2 Å². The highest BCUT2D eigenvalue weighted by Gasteiger charge is 2.21. The lowest BCUT2D eigenvalue weighted by Gasteiger charge is -2.11. The molecule has 0 aromatic carbocycles. The predicted octanol–water partition coefficient (Wildman–Crippen LogP) is 2.14. The molecule has 4 nitrogen and oxygen atoms in total. The number of aromatic nitrogens is 1. The van der Waals surface area contributed by atoms with E-state index >= 15 is 0 Å². The maximum Gasteiger partial charge on any atom is 0.311 e. The maximum absolute atomic E-state index is 12.8. The Morgan fingerprint density at radius 3 is 2.76 bits per heavy atom. The summed E-state index contributed by atoms with van der Waals surface area (Å²) in [6, 6.07) is 0. The molecule has 1 rings (SSSR count). The SMILES string of the molecule is CCOC(=O)Cc1ncc(O)c(C)c1C(F)F. The number of ether oxygens (including phenoxy) is 1. The molecule has 0 atom stereocenters. The molecular weight excluding hydrogens is 232 g/mol. The quantitative estimate of drug-likeness (QED) is 0.825. The van der Waals surface area contributed by atoms with Gasteiger partial charge in [-0.2, -0.15) is 0 Å². The third-order valence-corrected chi connectivity index (χ3v) is 2.28. The Hall–Kier alpha value is -1.72. The first-order chi connectivity index (χ1) is 7.97. The molecule has 0 fully saturated rings. The molecule has 0 bridgehead atoms. The van der Waals surface area contributed by atoms with Crippen molar-refractivity contribution in [3.8, 4) is 5.75 Å². The molecule has 17 heavy (non-hydrogen) atoms. The molecule has 1 N–H and O–H groups in total. The molecule has 94 valence electrons. The zero-order chi connectivity index (χ0) is 13.0. The van der Waals surface area contributed by atoms with Crippen LogP contribution in [0.2, 0.25) is 0 Å². The number of aromatic hydroxyl groups is 1. The van der Waals surface area contributed by atoms with Crippen LogP contribution < -0.4 is 0 Å². The second-order valence-electron chi connectivity index (χ2n) is 3.41. The van der Waals surface area contributed by atoms with Crippen LogP contribution in [0.1, 0.15) is 30.2 Å². The lowest BCUT2D eigenvalue weighted by Crippen LogP contribution is -2.12. The number of esters is 1. The monoisotopic (exact) mass is 245 g/mol. The summed E-state index contributed by atoms with van der Waals surface area (Å²) in [6.07, 6.45) is -2.07. The molecule has 0 aliphatic heterocycles. The van der Waals surface area contributed by atoms with E-state index in [1.54, 1.807) is 6.92 Å². The van der Waals surface area contributed by atoms with Gasteiger partial charge in [0.15, 0.2) is 0 Å². The molecule has 0 amide bonds. The van der Waals surface area contributed by atoms with Gasteiger partial charge in [0, 0.05) is 11.1 Å². The van der Waals surface area contributed by atoms with Crippen LogP contribution >= 0.6 is 0 Å². The Morgan fingerprint density at radius 1 is 1.59 bits per heavy atom. The van der Waals surface area contributed by atoms with Gasteiger partial charge in [0.2, 0.25) is 0 Å². The molecule has 0 aliphatic rings. The van der Waals surface area contributed by atoms with E-state index in [0.717, 1.165) is 6.20 Å². The molecule has 6 heteroatoms. The maximum atomic E-state index is 12.8. The van der Waals surface area contributed by atoms with Crippen LogP contribution in [0.5, 0.6) is 5.75 Å². The van der Waals surface area contributed by atoms with E-state index in [1.165, 1.54) is 6.92 Å². The summed E-state index contributed by atoms with van der Waals surface area (Å²) in [7, 11) is 0. The van der Waals surface area contributed by atoms with Crippen LogP contribution in [0.3, 0.4) is 0 Å². The fraction of sp³-hybridized carbons (Fsp3) is 0.455. The standard InChI is InChI=1S/C11H13F2NO3/c1-3-17-9(16)4-7-10(11(12)13)6(2)8(15)5-14-7/h5,11,15H,3-4H2,1-2H3. The van der Waals surface area contributed by atoms with Crippen LogP contribution in [0.25, 0.3) is 0 Å². The lowest BCUT2D eigenvalue weighted by atomic mass is 10.1. The van der Waals surface area contributed by atoms with Gasteiger partial charge in [0.05, 0.1) is 24.9 Å². The first-order valence-electron chi connectivity index (χ1n) is 5.08. The van der Waals surface area contributed by atoms with Crippen molar-refractivity contribution in [1.29, 1.82) is 0 Å². The fourth-order valence-electron chi connectivity index (χ4n) is 1.44. The molecule has 0 unspecified atom stereocenters. The van der Waals surface area contributed by atoms with Gasteiger partial charge in [-0.1, -0.05) is 0 Å². The molecular formula is C11H13F2NO3. The van der Waals surface area contributed by atoms with E-state index in [9.17, 15) is 18.7 Å². The Bertz CT molecular complexity index is 421. The summed E-state index contributed by atoms with van der Waals surface area (Å²) in [5.41, 5.74) is -0.430. The summed E-state index contributed by atoms with van der Waals surface area (Å²) < 4.78 is 30.3. The number of halogens is 2. The summed E-state index contributed by atoms with van der Waals surface area (Å²) in [5.74, 6) is -0.931. The van der Waals surface area contributed by atoms with Crippen LogP contribution in [-0.2, 0) is 16.0 Å². The minimum absolute atomic E-state index is 0.0364. The molecule has 0 radical (unpaired) electrons. The summed E-state index contributed by atoms with van der Waals surface area (Å²) in [6.45, 7) is 3.16. The van der Waals surface area contributed by atoms with Crippen molar-refractivity contribution < 1.29 is 23.4 Å². The number of hydrogen-bond acceptors (Lipinski definition) is 4. The summed E-state index contributed by atoms with van der Waals surface area (Å²) in [5, 5.41) is 9.30. The number of carbonyl (C=O) groups is 1. The third kappa shape index (κ3) is 3.12. The van der Waals surface area contributed by atoms with Gasteiger partial charge >= 0.3 is 5.97 Å². The van der Waals surface area contributed by atoms with E-state index in [-0.39, 0.29) is 30.0 Å². The van der Waals surface area contributed by atoms with Crippen molar-refractivity contribution >= 4 is 5.97 Å². The molecule has 0 saturated heterocycles. The van der Waals surface area contributed by atoms with Gasteiger partial charge in [-0.3, -0.25) is 9.78 Å². The van der Waals surface area contributed by atoms with Crippen molar-refractivity contribution in [2.75, 3.05) is 6.61 Å². The van der Waals surface area contributed by atoms with E-state index in [0.29, 0.717) is 0 Å². The van der Waals surface area contributed by atoms with Gasteiger partial charge < -0.3 is 9.84 Å². The molecule has 0 saturated carbocycles. The van der Waals surface area contributed by atoms with Gasteiger partial charge in [-0.15, -0.1) is 0 Å². The Kier molecular flexibility index (Phi) is 4.37. The molecule has 0 aliphatic carbocycles. The smallest absolute Gasteiger partial charge is 0.311 e. The van der Waals surface area contributed by atoms with Crippen LogP contribution in [0.15, 0.2) is 6.20 Å². The highest BCUT2D eigenvalue weighted by atomic mass is 19.3. The highest BCUT2D eigenvalue weighted by molar-refractivity contribution is 5.72. The van der Waals surface area contributed by atoms with Gasteiger partial charge in [-0.05, 0) is 13.8 Å². The van der Waals surface area contributed by atoms with E-state index in [4.69, 9.17) is 0 Å². The van der Waals surface area contributed by atoms with Crippen LogP contribution in [0, 0.1) is 6.92 Å². The number of carbonyl (C=O) groups excluding carboxylic acids is 1. The minimum atomic E-state index is -2.79. The number of pyridine rings is 1. The molecule has 1 aromatic rings. The van der Waals surface area contributed by atoms with E-state index in [2.05, 4.69) is 9.72 Å². The second-order valence-corrected chi connectivity index (χ2v) is 3.41. The summed E-state index contributed by atoms with van der Waals surface area (Å²) in [4.78, 5) is 14.9. The second kappa shape index (κ2) is 5.56. The molecule has 0 spiro atoms. The first-order valence-corrected chi connectivity index (χ1v) is 5.08. The van der Waals surface area contributed by atoms with E-state index in [1.807, 2.05) is 0 Å². The lowest BCUT2D eigenvalue weighted by molar-refractivity contribution is -0.142. The average molecular weight is 245 g/mol. The summed E-state index contributed by atoms with van der Waals surface area (Å²) >= 11 is 0. The number of rotatable bonds is 4. The molecule has 1 aromatic heterocycles. The van der Waals surface area contributed by atoms with Crippen LogP contribution in [0.4, 0.5) is 8.78 Å². The Balaban J connectivity index is 3.07. The zero-order valence-electron chi connectivity index (χ0n) is 9.54. The molecule has 1 heterocycles. The largest absolute Gasteiger partial charge is 0.506 e. The van der Waals surface area contributed by atoms with Crippen molar-refractivity contribution in [2.24, 2.45) is 0 Å². The number of nitrogens with zero attached hydrogens (tertiary/aromatic N) is 1. The minimum Gasteiger partial charge on any atom is -0.506 e. The van der Waals surface area contributed by atoms with Crippen molar-refractivity contribution in [3.05, 3.63) is 23.0 Å². The number of alkyl halides is 2. The fourth-order valence-corrected chi connectivity index (χ4v) is 1.44. The average Bonchev–Trinajstić information content (AvgIpc) is 2.23. The van der Waals surface area contributed by atoms with Crippen molar-refractivity contribution in [1.82, 2.24) is 4.98 Å². The van der Waals surface area contributed by atoms with Crippen molar-refractivity contribution in [3.63, 3.8) is 0 Å². The van der Waals surface area contributed by atoms with E-state index < -0.39 is 18.0 Å². The van der Waals surface area contributed by atoms with Gasteiger partial charge in [-0.25, -0.2) is 8.78 Å². The normalized spacial score (nSPS) is 10.6. The third-order valence-electron chi connectivity index (χ3n) is 2.28.